The first-order valence-corrected chi connectivity index (χ1v) is 7.68. The average Bonchev–Trinajstić information content (AvgIpc) is 2.47. The maximum absolute atomic E-state index is 12.3. The standard InChI is InChI=1S/C13H16N4O2S/c1-2-16-12-5-8-15-10-13(12)20(18,19)17-9-11-3-6-14-7-4-11/h3-8,10,17H,2,9H2,1H3,(H,15,16). The van der Waals surface area contributed by atoms with Gasteiger partial charge in [-0.2, -0.15) is 0 Å². The van der Waals surface area contributed by atoms with Gasteiger partial charge in [-0.25, -0.2) is 13.1 Å². The Bertz CT molecular complexity index is 659. The third-order valence-corrected chi connectivity index (χ3v) is 4.09. The van der Waals surface area contributed by atoms with Crippen LogP contribution in [0.2, 0.25) is 0 Å². The summed E-state index contributed by atoms with van der Waals surface area (Å²) in [5, 5.41) is 3.01. The number of anilines is 1. The van der Waals surface area contributed by atoms with E-state index in [9.17, 15) is 8.42 Å². The first kappa shape index (κ1) is 14.4. The van der Waals surface area contributed by atoms with E-state index in [1.807, 2.05) is 6.92 Å². The molecule has 0 unspecified atom stereocenters. The highest BCUT2D eigenvalue weighted by molar-refractivity contribution is 7.89. The van der Waals surface area contributed by atoms with E-state index in [0.29, 0.717) is 12.2 Å². The lowest BCUT2D eigenvalue weighted by atomic mass is 10.3. The SMILES string of the molecule is CCNc1ccncc1S(=O)(=O)NCc1ccncc1. The quantitative estimate of drug-likeness (QED) is 0.840. The summed E-state index contributed by atoms with van der Waals surface area (Å²) in [5.74, 6) is 0. The number of aromatic nitrogens is 2. The molecule has 6 nitrogen and oxygen atoms in total. The Labute approximate surface area is 118 Å². The molecule has 0 saturated heterocycles. The summed E-state index contributed by atoms with van der Waals surface area (Å²) in [7, 11) is -3.61. The second-order valence-corrected chi connectivity index (χ2v) is 5.82. The molecule has 0 radical (unpaired) electrons. The van der Waals surface area contributed by atoms with Crippen molar-refractivity contribution < 1.29 is 8.42 Å². The number of hydrogen-bond acceptors (Lipinski definition) is 5. The molecule has 2 N–H and O–H groups in total. The second kappa shape index (κ2) is 6.44. The summed E-state index contributed by atoms with van der Waals surface area (Å²) in [6.07, 6.45) is 6.14. The summed E-state index contributed by atoms with van der Waals surface area (Å²) < 4.78 is 27.1. The Morgan fingerprint density at radius 2 is 1.80 bits per heavy atom. The van der Waals surface area contributed by atoms with Gasteiger partial charge in [0.1, 0.15) is 4.90 Å². The van der Waals surface area contributed by atoms with Gasteiger partial charge >= 0.3 is 0 Å². The van der Waals surface area contributed by atoms with Crippen molar-refractivity contribution in [1.29, 1.82) is 0 Å². The maximum Gasteiger partial charge on any atom is 0.244 e. The zero-order valence-corrected chi connectivity index (χ0v) is 11.9. The average molecular weight is 292 g/mol. The molecule has 0 bridgehead atoms. The molecule has 0 atom stereocenters. The van der Waals surface area contributed by atoms with Crippen LogP contribution in [0.3, 0.4) is 0 Å². The van der Waals surface area contributed by atoms with Crippen molar-refractivity contribution in [3.63, 3.8) is 0 Å². The fourth-order valence-electron chi connectivity index (χ4n) is 1.69. The molecule has 0 spiro atoms. The molecule has 7 heteroatoms. The van der Waals surface area contributed by atoms with Crippen LogP contribution in [0.25, 0.3) is 0 Å². The Kier molecular flexibility index (Phi) is 4.65. The zero-order chi connectivity index (χ0) is 14.4. The van der Waals surface area contributed by atoms with E-state index in [1.165, 1.54) is 6.20 Å². The molecule has 0 aliphatic carbocycles. The van der Waals surface area contributed by atoms with Crippen molar-refractivity contribution in [2.45, 2.75) is 18.4 Å². The summed E-state index contributed by atoms with van der Waals surface area (Å²) in [4.78, 5) is 7.92. The van der Waals surface area contributed by atoms with Gasteiger partial charge in [-0.05, 0) is 30.7 Å². The van der Waals surface area contributed by atoms with E-state index < -0.39 is 10.0 Å². The smallest absolute Gasteiger partial charge is 0.244 e. The number of nitrogens with zero attached hydrogens (tertiary/aromatic N) is 2. The fourth-order valence-corrected chi connectivity index (χ4v) is 2.83. The number of rotatable bonds is 6. The molecule has 0 aliphatic rings. The monoisotopic (exact) mass is 292 g/mol. The topological polar surface area (TPSA) is 84.0 Å². The predicted molar refractivity (Wildman–Crippen MR) is 76.7 cm³/mol. The van der Waals surface area contributed by atoms with Crippen LogP contribution in [0.5, 0.6) is 0 Å². The van der Waals surface area contributed by atoms with E-state index in [1.54, 1.807) is 36.8 Å². The molecule has 0 aliphatic heterocycles. The molecule has 2 aromatic rings. The number of nitrogens with one attached hydrogen (secondary N) is 2. The number of pyridine rings is 2. The lowest BCUT2D eigenvalue weighted by molar-refractivity contribution is 0.581. The Hall–Kier alpha value is -1.99. The Morgan fingerprint density at radius 3 is 2.50 bits per heavy atom. The summed E-state index contributed by atoms with van der Waals surface area (Å²) in [6.45, 7) is 2.75. The summed E-state index contributed by atoms with van der Waals surface area (Å²) in [5.41, 5.74) is 1.39. The van der Waals surface area contributed by atoms with Crippen LogP contribution < -0.4 is 10.0 Å². The van der Waals surface area contributed by atoms with Gasteiger partial charge in [0, 0.05) is 37.9 Å². The lowest BCUT2D eigenvalue weighted by Crippen LogP contribution is -2.24. The highest BCUT2D eigenvalue weighted by Crippen LogP contribution is 2.19. The van der Waals surface area contributed by atoms with Crippen LogP contribution in [0.15, 0.2) is 47.9 Å². The van der Waals surface area contributed by atoms with E-state index in [2.05, 4.69) is 20.0 Å². The van der Waals surface area contributed by atoms with Crippen LogP contribution in [-0.2, 0) is 16.6 Å². The molecule has 0 saturated carbocycles. The van der Waals surface area contributed by atoms with E-state index in [0.717, 1.165) is 5.56 Å². The molecule has 106 valence electrons. The molecule has 2 heterocycles. The van der Waals surface area contributed by atoms with Gasteiger partial charge in [-0.3, -0.25) is 9.97 Å². The minimum absolute atomic E-state index is 0.149. The number of sulfonamides is 1. The van der Waals surface area contributed by atoms with Crippen molar-refractivity contribution >= 4 is 15.7 Å². The third-order valence-electron chi connectivity index (χ3n) is 2.66. The first-order valence-electron chi connectivity index (χ1n) is 6.20. The van der Waals surface area contributed by atoms with Crippen LogP contribution in [0, 0.1) is 0 Å². The van der Waals surface area contributed by atoms with E-state index >= 15 is 0 Å². The zero-order valence-electron chi connectivity index (χ0n) is 11.1. The third kappa shape index (κ3) is 3.52. The fraction of sp³-hybridized carbons (Fsp3) is 0.231. The van der Waals surface area contributed by atoms with Crippen molar-refractivity contribution in [2.24, 2.45) is 0 Å². The predicted octanol–water partition coefficient (Wildman–Crippen LogP) is 1.39. The van der Waals surface area contributed by atoms with Gasteiger partial charge in [0.25, 0.3) is 0 Å². The molecular weight excluding hydrogens is 276 g/mol. The van der Waals surface area contributed by atoms with Gasteiger partial charge in [0.2, 0.25) is 10.0 Å². The Morgan fingerprint density at radius 1 is 1.10 bits per heavy atom. The van der Waals surface area contributed by atoms with Gasteiger partial charge in [0.05, 0.1) is 5.69 Å². The van der Waals surface area contributed by atoms with Crippen LogP contribution in [-0.4, -0.2) is 24.9 Å². The molecular formula is C13H16N4O2S. The Balaban J connectivity index is 2.18. The minimum Gasteiger partial charge on any atom is -0.384 e. The minimum atomic E-state index is -3.61. The summed E-state index contributed by atoms with van der Waals surface area (Å²) in [6, 6.07) is 5.17. The molecule has 20 heavy (non-hydrogen) atoms. The maximum atomic E-state index is 12.3. The largest absolute Gasteiger partial charge is 0.384 e. The molecule has 0 aromatic carbocycles. The van der Waals surface area contributed by atoms with E-state index in [-0.39, 0.29) is 11.4 Å². The first-order chi connectivity index (χ1) is 9.63. The molecule has 0 fully saturated rings. The van der Waals surface area contributed by atoms with E-state index in [4.69, 9.17) is 0 Å². The lowest BCUT2D eigenvalue weighted by Gasteiger charge is -2.11. The highest BCUT2D eigenvalue weighted by atomic mass is 32.2. The van der Waals surface area contributed by atoms with Crippen LogP contribution >= 0.6 is 0 Å². The molecule has 2 aromatic heterocycles. The van der Waals surface area contributed by atoms with Crippen molar-refractivity contribution in [3.05, 3.63) is 48.5 Å². The van der Waals surface area contributed by atoms with Crippen LogP contribution in [0.1, 0.15) is 12.5 Å². The van der Waals surface area contributed by atoms with Gasteiger partial charge in [-0.1, -0.05) is 0 Å². The van der Waals surface area contributed by atoms with Crippen molar-refractivity contribution in [3.8, 4) is 0 Å². The van der Waals surface area contributed by atoms with Crippen molar-refractivity contribution in [1.82, 2.24) is 14.7 Å². The summed E-state index contributed by atoms with van der Waals surface area (Å²) >= 11 is 0. The number of hydrogen-bond donors (Lipinski definition) is 2. The van der Waals surface area contributed by atoms with Gasteiger partial charge < -0.3 is 5.32 Å². The second-order valence-electron chi connectivity index (χ2n) is 4.08. The van der Waals surface area contributed by atoms with Crippen LogP contribution in [0.4, 0.5) is 5.69 Å². The molecule has 2 rings (SSSR count). The van der Waals surface area contributed by atoms with Gasteiger partial charge in [-0.15, -0.1) is 0 Å². The highest BCUT2D eigenvalue weighted by Gasteiger charge is 2.18. The van der Waals surface area contributed by atoms with Gasteiger partial charge in [0.15, 0.2) is 0 Å². The normalized spacial score (nSPS) is 11.2. The molecule has 0 amide bonds. The van der Waals surface area contributed by atoms with Crippen molar-refractivity contribution in [2.75, 3.05) is 11.9 Å².